The fourth-order valence-corrected chi connectivity index (χ4v) is 6.08. The van der Waals surface area contributed by atoms with E-state index in [1.165, 1.54) is 12.8 Å². The number of hydrogen-bond donors (Lipinski definition) is 0. The van der Waals surface area contributed by atoms with Crippen LogP contribution >= 0.6 is 0 Å². The average molecular weight is 314 g/mol. The molecule has 2 fully saturated rings. The fraction of sp³-hybridized carbons (Fsp3) is 0.750. The Kier molecular flexibility index (Phi) is 3.01. The quantitative estimate of drug-likeness (QED) is 0.679. The van der Waals surface area contributed by atoms with E-state index >= 15 is 0 Å². The molecule has 124 valence electrons. The Labute approximate surface area is 138 Å². The Bertz CT molecular complexity index is 623. The fourth-order valence-electron chi connectivity index (χ4n) is 6.08. The van der Waals surface area contributed by atoms with Gasteiger partial charge in [-0.15, -0.1) is 0 Å². The molecule has 5 rings (SSSR count). The van der Waals surface area contributed by atoms with Crippen LogP contribution in [0.3, 0.4) is 0 Å². The van der Waals surface area contributed by atoms with Crippen molar-refractivity contribution in [2.24, 2.45) is 17.3 Å². The molecule has 3 nitrogen and oxygen atoms in total. The third-order valence-electron chi connectivity index (χ3n) is 7.35. The van der Waals surface area contributed by atoms with Crippen LogP contribution in [0.2, 0.25) is 0 Å². The van der Waals surface area contributed by atoms with Crippen molar-refractivity contribution in [3.63, 3.8) is 0 Å². The van der Waals surface area contributed by atoms with Gasteiger partial charge in [0.2, 0.25) is 0 Å². The zero-order valence-corrected chi connectivity index (χ0v) is 14.0. The molecule has 3 atom stereocenters. The number of ketones is 1. The van der Waals surface area contributed by atoms with Crippen molar-refractivity contribution in [3.05, 3.63) is 22.8 Å². The first kappa shape index (κ1) is 14.4. The molecule has 0 unspecified atom stereocenters. The van der Waals surface area contributed by atoms with Crippen LogP contribution in [0.25, 0.3) is 0 Å². The van der Waals surface area contributed by atoms with Gasteiger partial charge in [-0.2, -0.15) is 0 Å². The number of ether oxygens (including phenoxy) is 2. The van der Waals surface area contributed by atoms with E-state index in [0.717, 1.165) is 51.7 Å². The lowest BCUT2D eigenvalue weighted by Gasteiger charge is -2.46. The van der Waals surface area contributed by atoms with Crippen LogP contribution in [-0.2, 0) is 14.3 Å². The Morgan fingerprint density at radius 3 is 2.78 bits per heavy atom. The second kappa shape index (κ2) is 4.80. The second-order valence-electron chi connectivity index (χ2n) is 8.36. The van der Waals surface area contributed by atoms with Crippen molar-refractivity contribution in [1.82, 2.24) is 0 Å². The summed E-state index contributed by atoms with van der Waals surface area (Å²) in [5.74, 6) is 1.41. The molecule has 0 radical (unpaired) electrons. The maximum atomic E-state index is 12.4. The molecular weight excluding hydrogens is 288 g/mol. The van der Waals surface area contributed by atoms with Crippen LogP contribution in [-0.4, -0.2) is 24.8 Å². The van der Waals surface area contributed by atoms with Gasteiger partial charge in [-0.3, -0.25) is 4.79 Å². The lowest BCUT2D eigenvalue weighted by atomic mass is 9.58. The summed E-state index contributed by atoms with van der Waals surface area (Å²) in [6.07, 6.45) is 10.7. The number of carbonyl (C=O) groups is 1. The molecule has 0 aromatic heterocycles. The molecule has 0 amide bonds. The molecule has 0 aromatic carbocycles. The summed E-state index contributed by atoms with van der Waals surface area (Å²) in [5, 5.41) is 0. The topological polar surface area (TPSA) is 35.5 Å². The highest BCUT2D eigenvalue weighted by atomic mass is 16.7. The van der Waals surface area contributed by atoms with Gasteiger partial charge < -0.3 is 9.47 Å². The molecule has 23 heavy (non-hydrogen) atoms. The Balaban J connectivity index is 1.49. The van der Waals surface area contributed by atoms with Crippen LogP contribution in [0.15, 0.2) is 22.8 Å². The van der Waals surface area contributed by atoms with Gasteiger partial charge in [0.05, 0.1) is 13.2 Å². The Morgan fingerprint density at radius 2 is 1.96 bits per heavy atom. The van der Waals surface area contributed by atoms with Crippen LogP contribution in [0, 0.1) is 17.3 Å². The van der Waals surface area contributed by atoms with Gasteiger partial charge in [-0.25, -0.2) is 0 Å². The third kappa shape index (κ3) is 1.93. The van der Waals surface area contributed by atoms with E-state index in [1.54, 1.807) is 16.7 Å². The number of hydrogen-bond acceptors (Lipinski definition) is 3. The summed E-state index contributed by atoms with van der Waals surface area (Å²) < 4.78 is 11.9. The average Bonchev–Trinajstić information content (AvgIpc) is 3.12. The highest BCUT2D eigenvalue weighted by Crippen LogP contribution is 2.58. The summed E-state index contributed by atoms with van der Waals surface area (Å²) in [5.41, 5.74) is 4.71. The van der Waals surface area contributed by atoms with Gasteiger partial charge in [0.25, 0.3) is 0 Å². The molecule has 0 aromatic rings. The minimum absolute atomic E-state index is 0.0696. The van der Waals surface area contributed by atoms with E-state index in [9.17, 15) is 4.79 Å². The minimum atomic E-state index is -0.307. The first-order valence-corrected chi connectivity index (χ1v) is 9.34. The van der Waals surface area contributed by atoms with E-state index in [4.69, 9.17) is 9.47 Å². The monoisotopic (exact) mass is 314 g/mol. The van der Waals surface area contributed by atoms with Gasteiger partial charge in [-0.1, -0.05) is 18.6 Å². The maximum absolute atomic E-state index is 12.4. The smallest absolute Gasteiger partial charge is 0.172 e. The predicted molar refractivity (Wildman–Crippen MR) is 86.8 cm³/mol. The number of rotatable bonds is 0. The largest absolute Gasteiger partial charge is 0.347 e. The van der Waals surface area contributed by atoms with Crippen molar-refractivity contribution in [1.29, 1.82) is 0 Å². The van der Waals surface area contributed by atoms with Gasteiger partial charge in [0, 0.05) is 24.7 Å². The maximum Gasteiger partial charge on any atom is 0.172 e. The van der Waals surface area contributed by atoms with E-state index in [1.807, 2.05) is 0 Å². The lowest BCUT2D eigenvalue weighted by Crippen LogP contribution is -2.41. The summed E-state index contributed by atoms with van der Waals surface area (Å²) >= 11 is 0. The molecular formula is C20H26O3. The van der Waals surface area contributed by atoms with Crippen molar-refractivity contribution in [2.45, 2.75) is 64.1 Å². The standard InChI is InChI=1S/C20H26O3/c1-19-8-6-15-14-7-9-20(22-10-11-23-20)12-13(14)2-3-16(15)17(19)4-5-18(19)21/h6,16-17H,2-5,7-12H2,1H3/t16-,17+,19-/m1/s1. The van der Waals surface area contributed by atoms with E-state index in [0.29, 0.717) is 17.6 Å². The molecule has 3 heteroatoms. The molecule has 1 spiro atoms. The van der Waals surface area contributed by atoms with Gasteiger partial charge >= 0.3 is 0 Å². The van der Waals surface area contributed by atoms with E-state index in [-0.39, 0.29) is 11.2 Å². The van der Waals surface area contributed by atoms with Crippen LogP contribution < -0.4 is 0 Å². The third-order valence-corrected chi connectivity index (χ3v) is 7.35. The number of Topliss-reactive ketones (excluding diaryl/α,β-unsaturated/α-hetero) is 1. The molecule has 1 aliphatic heterocycles. The molecule has 5 aliphatic rings. The zero-order valence-electron chi connectivity index (χ0n) is 14.0. The van der Waals surface area contributed by atoms with Crippen molar-refractivity contribution in [2.75, 3.05) is 13.2 Å². The van der Waals surface area contributed by atoms with Crippen LogP contribution in [0.1, 0.15) is 58.3 Å². The van der Waals surface area contributed by atoms with Gasteiger partial charge in [-0.05, 0) is 55.1 Å². The molecule has 0 N–H and O–H groups in total. The summed E-state index contributed by atoms with van der Waals surface area (Å²) in [6, 6.07) is 0. The second-order valence-corrected chi connectivity index (χ2v) is 8.36. The van der Waals surface area contributed by atoms with Crippen molar-refractivity contribution >= 4 is 5.78 Å². The highest BCUT2D eigenvalue weighted by molar-refractivity contribution is 5.87. The molecule has 1 heterocycles. The number of allylic oxidation sites excluding steroid dienone is 3. The minimum Gasteiger partial charge on any atom is -0.347 e. The first-order valence-electron chi connectivity index (χ1n) is 9.34. The normalized spacial score (nSPS) is 41.6. The first-order chi connectivity index (χ1) is 11.1. The van der Waals surface area contributed by atoms with Gasteiger partial charge in [0.1, 0.15) is 5.78 Å². The van der Waals surface area contributed by atoms with E-state index in [2.05, 4.69) is 13.0 Å². The molecule has 1 saturated carbocycles. The number of fused-ring (bicyclic) bond motifs is 4. The Morgan fingerprint density at radius 1 is 1.13 bits per heavy atom. The summed E-state index contributed by atoms with van der Waals surface area (Å²) in [6.45, 7) is 3.72. The number of carbonyl (C=O) groups excluding carboxylic acids is 1. The Hall–Kier alpha value is -0.930. The van der Waals surface area contributed by atoms with Crippen LogP contribution in [0.5, 0.6) is 0 Å². The van der Waals surface area contributed by atoms with Crippen LogP contribution in [0.4, 0.5) is 0 Å². The van der Waals surface area contributed by atoms with Gasteiger partial charge in [0.15, 0.2) is 5.79 Å². The summed E-state index contributed by atoms with van der Waals surface area (Å²) in [4.78, 5) is 12.4. The van der Waals surface area contributed by atoms with Crippen molar-refractivity contribution in [3.8, 4) is 0 Å². The van der Waals surface area contributed by atoms with E-state index < -0.39 is 0 Å². The SMILES string of the molecule is C[C@@]12CC=C3C4=C(CC[C@H]3[C@@H]1CCC2=O)CC1(CC4)OCCO1. The van der Waals surface area contributed by atoms with Crippen molar-refractivity contribution < 1.29 is 14.3 Å². The zero-order chi connectivity index (χ0) is 15.7. The lowest BCUT2D eigenvalue weighted by molar-refractivity contribution is -0.164. The predicted octanol–water partition coefficient (Wildman–Crippen LogP) is 3.94. The molecule has 4 aliphatic carbocycles. The summed E-state index contributed by atoms with van der Waals surface area (Å²) in [7, 11) is 0. The molecule has 1 saturated heterocycles. The highest BCUT2D eigenvalue weighted by Gasteiger charge is 2.53. The molecule has 0 bridgehead atoms.